The molecular weight excluding hydrogens is 374 g/mol. The third kappa shape index (κ3) is 4.34. The van der Waals surface area contributed by atoms with Gasteiger partial charge in [0.1, 0.15) is 16.8 Å². The number of fused-ring (bicyclic) bond motifs is 1. The first-order chi connectivity index (χ1) is 13.4. The van der Waals surface area contributed by atoms with Crippen LogP contribution in [0.3, 0.4) is 0 Å². The summed E-state index contributed by atoms with van der Waals surface area (Å²) in [4.78, 5) is 26.6. The SMILES string of the molecule is CC(=O)N1CCc2c(sc(NC(=O)COc3ccc(C(C)C)cc3)c2C#N)C1. The molecule has 0 unspecified atom stereocenters. The van der Waals surface area contributed by atoms with Crippen LogP contribution in [-0.4, -0.2) is 29.9 Å². The van der Waals surface area contributed by atoms with Gasteiger partial charge in [-0.15, -0.1) is 11.3 Å². The number of nitriles is 1. The van der Waals surface area contributed by atoms with E-state index >= 15 is 0 Å². The first kappa shape index (κ1) is 19.9. The molecule has 6 nitrogen and oxygen atoms in total. The number of ether oxygens (including phenoxy) is 1. The summed E-state index contributed by atoms with van der Waals surface area (Å²) in [6.07, 6.45) is 0.628. The van der Waals surface area contributed by atoms with Crippen LogP contribution in [-0.2, 0) is 22.6 Å². The van der Waals surface area contributed by atoms with Crippen molar-refractivity contribution in [3.63, 3.8) is 0 Å². The summed E-state index contributed by atoms with van der Waals surface area (Å²) in [7, 11) is 0. The van der Waals surface area contributed by atoms with Gasteiger partial charge in [-0.05, 0) is 35.6 Å². The van der Waals surface area contributed by atoms with Crippen molar-refractivity contribution in [2.45, 2.75) is 39.7 Å². The summed E-state index contributed by atoms with van der Waals surface area (Å²) in [6, 6.07) is 9.87. The molecule has 1 aliphatic rings. The van der Waals surface area contributed by atoms with Crippen LogP contribution in [0.5, 0.6) is 5.75 Å². The average Bonchev–Trinajstić information content (AvgIpc) is 3.02. The van der Waals surface area contributed by atoms with Gasteiger partial charge >= 0.3 is 0 Å². The Hall–Kier alpha value is -2.85. The summed E-state index contributed by atoms with van der Waals surface area (Å²) >= 11 is 1.36. The molecule has 28 heavy (non-hydrogen) atoms. The maximum Gasteiger partial charge on any atom is 0.262 e. The Labute approximate surface area is 168 Å². The fraction of sp³-hybridized carbons (Fsp3) is 0.381. The van der Waals surface area contributed by atoms with Crippen LogP contribution in [0.25, 0.3) is 0 Å². The highest BCUT2D eigenvalue weighted by molar-refractivity contribution is 7.16. The van der Waals surface area contributed by atoms with Gasteiger partial charge in [0.15, 0.2) is 6.61 Å². The van der Waals surface area contributed by atoms with E-state index in [4.69, 9.17) is 4.74 Å². The second-order valence-corrected chi connectivity index (χ2v) is 8.18. The van der Waals surface area contributed by atoms with E-state index < -0.39 is 0 Å². The lowest BCUT2D eigenvalue weighted by Crippen LogP contribution is -2.33. The van der Waals surface area contributed by atoms with Gasteiger partial charge in [-0.2, -0.15) is 5.26 Å². The molecule has 146 valence electrons. The number of carbonyl (C=O) groups is 2. The number of rotatable bonds is 5. The third-order valence-electron chi connectivity index (χ3n) is 4.78. The fourth-order valence-corrected chi connectivity index (χ4v) is 4.37. The molecule has 2 amide bonds. The van der Waals surface area contributed by atoms with Gasteiger partial charge in [0.25, 0.3) is 5.91 Å². The molecule has 0 radical (unpaired) electrons. The molecule has 1 N–H and O–H groups in total. The molecule has 0 spiro atoms. The predicted molar refractivity (Wildman–Crippen MR) is 108 cm³/mol. The Balaban J connectivity index is 1.64. The molecule has 0 saturated carbocycles. The van der Waals surface area contributed by atoms with Crippen molar-refractivity contribution in [3.05, 3.63) is 45.8 Å². The first-order valence-corrected chi connectivity index (χ1v) is 10.0. The number of amides is 2. The Morgan fingerprint density at radius 3 is 2.64 bits per heavy atom. The van der Waals surface area contributed by atoms with Gasteiger partial charge < -0.3 is 15.0 Å². The van der Waals surface area contributed by atoms with Crippen LogP contribution in [0.1, 0.15) is 48.3 Å². The maximum atomic E-state index is 12.3. The lowest BCUT2D eigenvalue weighted by Gasteiger charge is -2.25. The van der Waals surface area contributed by atoms with Crippen molar-refractivity contribution < 1.29 is 14.3 Å². The van der Waals surface area contributed by atoms with Crippen molar-refractivity contribution in [1.29, 1.82) is 5.26 Å². The second kappa shape index (κ2) is 8.44. The van der Waals surface area contributed by atoms with E-state index in [-0.39, 0.29) is 18.4 Å². The Morgan fingerprint density at radius 2 is 2.04 bits per heavy atom. The molecule has 0 aliphatic carbocycles. The predicted octanol–water partition coefficient (Wildman–Crippen LogP) is 3.67. The lowest BCUT2D eigenvalue weighted by atomic mass is 10.0. The topological polar surface area (TPSA) is 82.4 Å². The molecule has 1 aromatic carbocycles. The third-order valence-corrected chi connectivity index (χ3v) is 5.92. The van der Waals surface area contributed by atoms with Crippen molar-refractivity contribution in [1.82, 2.24) is 4.90 Å². The first-order valence-electron chi connectivity index (χ1n) is 9.21. The van der Waals surface area contributed by atoms with Gasteiger partial charge in [0.2, 0.25) is 5.91 Å². The number of anilines is 1. The van der Waals surface area contributed by atoms with E-state index in [9.17, 15) is 14.9 Å². The zero-order valence-electron chi connectivity index (χ0n) is 16.2. The van der Waals surface area contributed by atoms with Crippen molar-refractivity contribution in [3.8, 4) is 11.8 Å². The quantitative estimate of drug-likeness (QED) is 0.835. The van der Waals surface area contributed by atoms with Crippen molar-refractivity contribution in [2.75, 3.05) is 18.5 Å². The van der Waals surface area contributed by atoms with E-state index in [0.717, 1.165) is 10.4 Å². The summed E-state index contributed by atoms with van der Waals surface area (Å²) in [5, 5.41) is 12.8. The highest BCUT2D eigenvalue weighted by Gasteiger charge is 2.26. The van der Waals surface area contributed by atoms with Gasteiger partial charge in [-0.1, -0.05) is 26.0 Å². The van der Waals surface area contributed by atoms with Crippen LogP contribution in [0.2, 0.25) is 0 Å². The van der Waals surface area contributed by atoms with Gasteiger partial charge in [-0.25, -0.2) is 0 Å². The fourth-order valence-electron chi connectivity index (χ4n) is 3.14. The van der Waals surface area contributed by atoms with E-state index in [1.807, 2.05) is 24.3 Å². The van der Waals surface area contributed by atoms with Gasteiger partial charge in [0, 0.05) is 18.3 Å². The second-order valence-electron chi connectivity index (χ2n) is 7.07. The molecule has 3 rings (SSSR count). The van der Waals surface area contributed by atoms with Crippen LogP contribution >= 0.6 is 11.3 Å². The number of benzene rings is 1. The highest BCUT2D eigenvalue weighted by atomic mass is 32.1. The Morgan fingerprint density at radius 1 is 1.32 bits per heavy atom. The molecule has 7 heteroatoms. The summed E-state index contributed by atoms with van der Waals surface area (Å²) in [6.45, 7) is 6.72. The lowest BCUT2D eigenvalue weighted by molar-refractivity contribution is -0.129. The van der Waals surface area contributed by atoms with E-state index in [2.05, 4.69) is 25.2 Å². The molecular formula is C21H23N3O3S. The monoisotopic (exact) mass is 397 g/mol. The van der Waals surface area contributed by atoms with Gasteiger partial charge in [0.05, 0.1) is 12.1 Å². The number of nitrogens with zero attached hydrogens (tertiary/aromatic N) is 2. The normalized spacial score (nSPS) is 13.0. The van der Waals surface area contributed by atoms with Crippen LogP contribution in [0.4, 0.5) is 5.00 Å². The molecule has 2 heterocycles. The van der Waals surface area contributed by atoms with E-state index in [1.54, 1.807) is 4.90 Å². The van der Waals surface area contributed by atoms with E-state index in [1.165, 1.54) is 23.8 Å². The standard InChI is InChI=1S/C21H23N3O3S/c1-13(2)15-4-6-16(7-5-15)27-12-20(26)23-21-18(10-22)17-8-9-24(14(3)25)11-19(17)28-21/h4-7,13H,8-9,11-12H2,1-3H3,(H,23,26). The zero-order valence-corrected chi connectivity index (χ0v) is 17.1. The van der Waals surface area contributed by atoms with Gasteiger partial charge in [-0.3, -0.25) is 9.59 Å². The van der Waals surface area contributed by atoms with Crippen LogP contribution in [0.15, 0.2) is 24.3 Å². The number of thiophene rings is 1. The van der Waals surface area contributed by atoms with Crippen LogP contribution in [0, 0.1) is 11.3 Å². The number of nitrogens with one attached hydrogen (secondary N) is 1. The smallest absolute Gasteiger partial charge is 0.262 e. The molecule has 1 aliphatic heterocycles. The van der Waals surface area contributed by atoms with Crippen LogP contribution < -0.4 is 10.1 Å². The minimum atomic E-state index is -0.313. The maximum absolute atomic E-state index is 12.3. The Kier molecular flexibility index (Phi) is 6.00. The Bertz CT molecular complexity index is 926. The largest absolute Gasteiger partial charge is 0.484 e. The minimum Gasteiger partial charge on any atom is -0.484 e. The summed E-state index contributed by atoms with van der Waals surface area (Å²) in [5.41, 5.74) is 2.64. The molecule has 2 aromatic rings. The molecule has 1 aromatic heterocycles. The number of hydrogen-bond donors (Lipinski definition) is 1. The number of carbonyl (C=O) groups excluding carboxylic acids is 2. The van der Waals surface area contributed by atoms with E-state index in [0.29, 0.717) is 41.7 Å². The van der Waals surface area contributed by atoms with Crippen molar-refractivity contribution >= 4 is 28.2 Å². The zero-order chi connectivity index (χ0) is 20.3. The molecule has 0 atom stereocenters. The summed E-state index contributed by atoms with van der Waals surface area (Å²) < 4.78 is 5.56. The summed E-state index contributed by atoms with van der Waals surface area (Å²) in [5.74, 6) is 0.764. The molecule has 0 saturated heterocycles. The number of hydrogen-bond acceptors (Lipinski definition) is 5. The average molecular weight is 398 g/mol. The molecule has 0 bridgehead atoms. The molecule has 0 fully saturated rings. The van der Waals surface area contributed by atoms with Crippen molar-refractivity contribution in [2.24, 2.45) is 0 Å². The minimum absolute atomic E-state index is 0.0139. The highest BCUT2D eigenvalue weighted by Crippen LogP contribution is 2.36.